The van der Waals surface area contributed by atoms with Crippen molar-refractivity contribution in [3.8, 4) is 0 Å². The fourth-order valence-electron chi connectivity index (χ4n) is 2.12. The van der Waals surface area contributed by atoms with E-state index in [1.165, 1.54) is 10.5 Å². The summed E-state index contributed by atoms with van der Waals surface area (Å²) in [6.45, 7) is 0.834. The lowest BCUT2D eigenvalue weighted by atomic mass is 10.1. The highest BCUT2D eigenvalue weighted by atomic mass is 32.2. The van der Waals surface area contributed by atoms with Crippen LogP contribution in [0.5, 0.6) is 0 Å². The predicted molar refractivity (Wildman–Crippen MR) is 70.0 cm³/mol. The van der Waals surface area contributed by atoms with Gasteiger partial charge in [-0.25, -0.2) is 0 Å². The number of aryl methyl sites for hydroxylation is 1. The summed E-state index contributed by atoms with van der Waals surface area (Å²) in [6, 6.07) is 11.1. The maximum absolute atomic E-state index is 4.37. The van der Waals surface area contributed by atoms with Gasteiger partial charge >= 0.3 is 0 Å². The molecule has 0 fully saturated rings. The Morgan fingerprint density at radius 1 is 1.41 bits per heavy atom. The molecule has 3 nitrogen and oxygen atoms in total. The summed E-state index contributed by atoms with van der Waals surface area (Å²) in [5, 5.41) is 7.95. The third-order valence-electron chi connectivity index (χ3n) is 3.00. The van der Waals surface area contributed by atoms with Crippen LogP contribution in [0.25, 0.3) is 0 Å². The fourth-order valence-corrected chi connectivity index (χ4v) is 3.31. The molecule has 1 aliphatic heterocycles. The number of aromatic nitrogens is 2. The monoisotopic (exact) mass is 245 g/mol. The molecule has 0 saturated heterocycles. The quantitative estimate of drug-likeness (QED) is 0.900. The van der Waals surface area contributed by atoms with Crippen LogP contribution in [0.4, 0.5) is 0 Å². The number of nitrogens with one attached hydrogen (secondary N) is 1. The lowest BCUT2D eigenvalue weighted by Crippen LogP contribution is -2.20. The van der Waals surface area contributed by atoms with Crippen LogP contribution >= 0.6 is 11.8 Å². The van der Waals surface area contributed by atoms with Gasteiger partial charge in [0.15, 0.2) is 0 Å². The Hall–Kier alpha value is -1.26. The normalized spacial score (nSPS) is 18.3. The second kappa shape index (κ2) is 4.55. The van der Waals surface area contributed by atoms with Crippen molar-refractivity contribution >= 4 is 11.8 Å². The first-order valence-electron chi connectivity index (χ1n) is 5.76. The minimum atomic E-state index is 0.457. The largest absolute Gasteiger partial charge is 0.303 e. The van der Waals surface area contributed by atoms with Crippen LogP contribution in [0.15, 0.2) is 41.4 Å². The van der Waals surface area contributed by atoms with E-state index in [2.05, 4.69) is 40.7 Å². The molecule has 1 unspecified atom stereocenters. The number of hydrogen-bond acceptors (Lipinski definition) is 3. The maximum Gasteiger partial charge on any atom is 0.0762 e. The highest BCUT2D eigenvalue weighted by Crippen LogP contribution is 2.37. The Labute approximate surface area is 105 Å². The van der Waals surface area contributed by atoms with Crippen molar-refractivity contribution in [2.24, 2.45) is 7.05 Å². The van der Waals surface area contributed by atoms with E-state index in [1.807, 2.05) is 29.7 Å². The number of nitrogens with zero attached hydrogens (tertiary/aromatic N) is 2. The van der Waals surface area contributed by atoms with Gasteiger partial charge in [-0.3, -0.25) is 4.68 Å². The first-order chi connectivity index (χ1) is 8.33. The second-order valence-electron chi connectivity index (χ2n) is 4.26. The smallest absolute Gasteiger partial charge is 0.0762 e. The van der Waals surface area contributed by atoms with Crippen molar-refractivity contribution in [3.05, 3.63) is 47.8 Å². The summed E-state index contributed by atoms with van der Waals surface area (Å²) in [6.07, 6.45) is 1.98. The predicted octanol–water partition coefficient (Wildman–Crippen LogP) is 2.36. The van der Waals surface area contributed by atoms with E-state index >= 15 is 0 Å². The molecule has 1 aromatic heterocycles. The van der Waals surface area contributed by atoms with Crippen LogP contribution < -0.4 is 5.32 Å². The van der Waals surface area contributed by atoms with Crippen molar-refractivity contribution in [3.63, 3.8) is 0 Å². The number of rotatable bonds is 3. The average molecular weight is 245 g/mol. The van der Waals surface area contributed by atoms with Gasteiger partial charge in [-0.1, -0.05) is 18.2 Å². The average Bonchev–Trinajstić information content (AvgIpc) is 2.93. The Kier molecular flexibility index (Phi) is 2.91. The van der Waals surface area contributed by atoms with Gasteiger partial charge in [-0.15, -0.1) is 11.8 Å². The molecule has 0 bridgehead atoms. The second-order valence-corrected chi connectivity index (χ2v) is 5.32. The van der Waals surface area contributed by atoms with Crippen LogP contribution in [0.2, 0.25) is 0 Å². The zero-order valence-electron chi connectivity index (χ0n) is 9.76. The van der Waals surface area contributed by atoms with Crippen molar-refractivity contribution in [2.45, 2.75) is 17.5 Å². The molecule has 0 radical (unpaired) electrons. The van der Waals surface area contributed by atoms with Crippen LogP contribution in [-0.4, -0.2) is 15.5 Å². The Balaban J connectivity index is 1.68. The molecule has 1 atom stereocenters. The van der Waals surface area contributed by atoms with Crippen LogP contribution in [0, 0.1) is 0 Å². The van der Waals surface area contributed by atoms with E-state index in [1.54, 1.807) is 0 Å². The topological polar surface area (TPSA) is 29.9 Å². The van der Waals surface area contributed by atoms with Crippen LogP contribution in [0.1, 0.15) is 17.3 Å². The molecule has 4 heteroatoms. The van der Waals surface area contributed by atoms with Gasteiger partial charge in [0.25, 0.3) is 0 Å². The molecule has 88 valence electrons. The number of benzene rings is 1. The Bertz CT molecular complexity index is 521. The lowest BCUT2D eigenvalue weighted by molar-refractivity contribution is 0.570. The van der Waals surface area contributed by atoms with E-state index in [4.69, 9.17) is 0 Å². The summed E-state index contributed by atoms with van der Waals surface area (Å²) in [4.78, 5) is 1.41. The molecule has 1 aromatic carbocycles. The molecule has 2 heterocycles. The van der Waals surface area contributed by atoms with Crippen LogP contribution in [0.3, 0.4) is 0 Å². The van der Waals surface area contributed by atoms with Gasteiger partial charge in [0, 0.05) is 36.5 Å². The lowest BCUT2D eigenvalue weighted by Gasteiger charge is -2.11. The zero-order valence-corrected chi connectivity index (χ0v) is 10.6. The zero-order chi connectivity index (χ0) is 11.7. The van der Waals surface area contributed by atoms with Gasteiger partial charge in [0.1, 0.15) is 0 Å². The van der Waals surface area contributed by atoms with Crippen LogP contribution in [-0.2, 0) is 13.6 Å². The number of thioether (sulfide) groups is 1. The summed E-state index contributed by atoms with van der Waals surface area (Å²) < 4.78 is 1.84. The third kappa shape index (κ3) is 2.23. The highest BCUT2D eigenvalue weighted by molar-refractivity contribution is 7.99. The SMILES string of the molecule is Cn1ccc(CNC2CSc3ccccc32)n1. The van der Waals surface area contributed by atoms with Gasteiger partial charge < -0.3 is 5.32 Å². The first-order valence-corrected chi connectivity index (χ1v) is 6.75. The summed E-state index contributed by atoms with van der Waals surface area (Å²) >= 11 is 1.93. The minimum absolute atomic E-state index is 0.457. The molecule has 3 rings (SSSR count). The van der Waals surface area contributed by atoms with Crippen molar-refractivity contribution in [2.75, 3.05) is 5.75 Å². The third-order valence-corrected chi connectivity index (χ3v) is 4.18. The highest BCUT2D eigenvalue weighted by Gasteiger charge is 2.21. The Morgan fingerprint density at radius 3 is 3.12 bits per heavy atom. The summed E-state index contributed by atoms with van der Waals surface area (Å²) in [7, 11) is 1.95. The Morgan fingerprint density at radius 2 is 2.29 bits per heavy atom. The standard InChI is InChI=1S/C13H15N3S/c1-16-7-6-10(15-16)8-14-12-9-17-13-5-3-2-4-11(12)13/h2-7,12,14H,8-9H2,1H3. The molecule has 0 spiro atoms. The van der Waals surface area contributed by atoms with Crippen molar-refractivity contribution < 1.29 is 0 Å². The molecular formula is C13H15N3S. The summed E-state index contributed by atoms with van der Waals surface area (Å²) in [5.41, 5.74) is 2.52. The first kappa shape index (κ1) is 10.9. The van der Waals surface area contributed by atoms with E-state index in [9.17, 15) is 0 Å². The van der Waals surface area contributed by atoms with Crippen molar-refractivity contribution in [1.29, 1.82) is 0 Å². The van der Waals surface area contributed by atoms with Gasteiger partial charge in [-0.05, 0) is 17.7 Å². The summed E-state index contributed by atoms with van der Waals surface area (Å²) in [5.74, 6) is 1.12. The van der Waals surface area contributed by atoms with E-state index in [0.29, 0.717) is 6.04 Å². The van der Waals surface area contributed by atoms with Gasteiger partial charge in [0.2, 0.25) is 0 Å². The molecule has 17 heavy (non-hydrogen) atoms. The minimum Gasteiger partial charge on any atom is -0.303 e. The molecule has 0 amide bonds. The van der Waals surface area contributed by atoms with Crippen molar-refractivity contribution in [1.82, 2.24) is 15.1 Å². The molecule has 1 aliphatic rings. The van der Waals surface area contributed by atoms with Gasteiger partial charge in [0.05, 0.1) is 5.69 Å². The molecule has 1 N–H and O–H groups in total. The van der Waals surface area contributed by atoms with E-state index in [-0.39, 0.29) is 0 Å². The van der Waals surface area contributed by atoms with E-state index in [0.717, 1.165) is 18.0 Å². The fraction of sp³-hybridized carbons (Fsp3) is 0.308. The van der Waals surface area contributed by atoms with Gasteiger partial charge in [-0.2, -0.15) is 5.10 Å². The van der Waals surface area contributed by atoms with E-state index < -0.39 is 0 Å². The molecule has 0 aliphatic carbocycles. The number of hydrogen-bond donors (Lipinski definition) is 1. The molecule has 0 saturated carbocycles. The molecule has 2 aromatic rings. The maximum atomic E-state index is 4.37. The molecular weight excluding hydrogens is 230 g/mol. The number of fused-ring (bicyclic) bond motifs is 1.